The second-order valence-electron chi connectivity index (χ2n) is 4.22. The summed E-state index contributed by atoms with van der Waals surface area (Å²) in [6, 6.07) is 1.99. The van der Waals surface area contributed by atoms with Crippen LogP contribution in [-0.4, -0.2) is 29.6 Å². The first-order valence-electron chi connectivity index (χ1n) is 6.17. The van der Waals surface area contributed by atoms with E-state index in [-0.39, 0.29) is 0 Å². The van der Waals surface area contributed by atoms with E-state index in [1.165, 1.54) is 12.8 Å². The molecule has 0 bridgehead atoms. The van der Waals surface area contributed by atoms with Crippen molar-refractivity contribution in [1.82, 2.24) is 15.3 Å². The van der Waals surface area contributed by atoms with E-state index >= 15 is 0 Å². The van der Waals surface area contributed by atoms with Gasteiger partial charge in [0, 0.05) is 25.8 Å². The van der Waals surface area contributed by atoms with Gasteiger partial charge in [-0.2, -0.15) is 0 Å². The SMILES string of the molecule is CCCNCc1ccnc(N2CCCC2)n1. The van der Waals surface area contributed by atoms with Gasteiger partial charge in [-0.3, -0.25) is 0 Å². The van der Waals surface area contributed by atoms with Gasteiger partial charge in [0.05, 0.1) is 5.69 Å². The molecule has 1 fully saturated rings. The summed E-state index contributed by atoms with van der Waals surface area (Å²) in [5.41, 5.74) is 1.09. The molecule has 0 spiro atoms. The Kier molecular flexibility index (Phi) is 4.10. The van der Waals surface area contributed by atoms with Crippen LogP contribution in [0, 0.1) is 0 Å². The Morgan fingerprint density at radius 2 is 2.19 bits per heavy atom. The molecule has 2 heterocycles. The van der Waals surface area contributed by atoms with Gasteiger partial charge in [0.2, 0.25) is 5.95 Å². The van der Waals surface area contributed by atoms with Crippen LogP contribution in [0.15, 0.2) is 12.3 Å². The Morgan fingerprint density at radius 3 is 2.94 bits per heavy atom. The van der Waals surface area contributed by atoms with Crippen molar-refractivity contribution in [2.45, 2.75) is 32.7 Å². The van der Waals surface area contributed by atoms with E-state index < -0.39 is 0 Å². The van der Waals surface area contributed by atoms with Crippen LogP contribution in [0.1, 0.15) is 31.9 Å². The van der Waals surface area contributed by atoms with Gasteiger partial charge >= 0.3 is 0 Å². The molecule has 1 aliphatic rings. The van der Waals surface area contributed by atoms with Crippen LogP contribution in [0.2, 0.25) is 0 Å². The van der Waals surface area contributed by atoms with E-state index in [9.17, 15) is 0 Å². The lowest BCUT2D eigenvalue weighted by molar-refractivity contribution is 0.661. The van der Waals surface area contributed by atoms with E-state index in [4.69, 9.17) is 0 Å². The summed E-state index contributed by atoms with van der Waals surface area (Å²) in [5.74, 6) is 0.897. The van der Waals surface area contributed by atoms with Crippen molar-refractivity contribution in [3.63, 3.8) is 0 Å². The lowest BCUT2D eigenvalue weighted by Gasteiger charge is -2.15. The van der Waals surface area contributed by atoms with Crippen LogP contribution in [0.25, 0.3) is 0 Å². The molecule has 1 aromatic heterocycles. The summed E-state index contributed by atoms with van der Waals surface area (Å²) in [6.07, 6.45) is 5.55. The van der Waals surface area contributed by atoms with Crippen LogP contribution >= 0.6 is 0 Å². The molecule has 0 unspecified atom stereocenters. The molecule has 0 aromatic carbocycles. The van der Waals surface area contributed by atoms with Crippen LogP contribution in [0.5, 0.6) is 0 Å². The van der Waals surface area contributed by atoms with Gasteiger partial charge in [0.1, 0.15) is 0 Å². The van der Waals surface area contributed by atoms with Crippen molar-refractivity contribution < 1.29 is 0 Å². The minimum atomic E-state index is 0.844. The lowest BCUT2D eigenvalue weighted by atomic mass is 10.4. The van der Waals surface area contributed by atoms with Gasteiger partial charge in [-0.15, -0.1) is 0 Å². The van der Waals surface area contributed by atoms with Crippen LogP contribution in [0.3, 0.4) is 0 Å². The molecule has 0 saturated carbocycles. The maximum Gasteiger partial charge on any atom is 0.225 e. The lowest BCUT2D eigenvalue weighted by Crippen LogP contribution is -2.22. The number of aromatic nitrogens is 2. The highest BCUT2D eigenvalue weighted by Gasteiger charge is 2.14. The Hall–Kier alpha value is -1.16. The summed E-state index contributed by atoms with van der Waals surface area (Å²) in [5, 5.41) is 3.36. The van der Waals surface area contributed by atoms with Gasteiger partial charge in [-0.1, -0.05) is 6.92 Å². The molecule has 1 aliphatic heterocycles. The minimum absolute atomic E-state index is 0.844. The minimum Gasteiger partial charge on any atom is -0.341 e. The summed E-state index contributed by atoms with van der Waals surface area (Å²) < 4.78 is 0. The fourth-order valence-electron chi connectivity index (χ4n) is 1.95. The first-order chi connectivity index (χ1) is 7.90. The first kappa shape index (κ1) is 11.3. The zero-order valence-corrected chi connectivity index (χ0v) is 9.95. The molecule has 0 aliphatic carbocycles. The zero-order chi connectivity index (χ0) is 11.2. The number of hydrogen-bond donors (Lipinski definition) is 1. The van der Waals surface area contributed by atoms with Crippen molar-refractivity contribution in [2.75, 3.05) is 24.5 Å². The van der Waals surface area contributed by atoms with Crippen LogP contribution in [0.4, 0.5) is 5.95 Å². The molecular formula is C12H20N4. The molecule has 0 radical (unpaired) electrons. The molecule has 1 saturated heterocycles. The molecule has 16 heavy (non-hydrogen) atoms. The molecule has 88 valence electrons. The van der Waals surface area contributed by atoms with Crippen LogP contribution in [-0.2, 0) is 6.54 Å². The zero-order valence-electron chi connectivity index (χ0n) is 9.95. The molecule has 0 amide bonds. The summed E-state index contributed by atoms with van der Waals surface area (Å²) >= 11 is 0. The van der Waals surface area contributed by atoms with Gasteiger partial charge in [0.15, 0.2) is 0 Å². The van der Waals surface area contributed by atoms with Gasteiger partial charge in [-0.25, -0.2) is 9.97 Å². The highest BCUT2D eigenvalue weighted by molar-refractivity contribution is 5.31. The first-order valence-corrected chi connectivity index (χ1v) is 6.17. The predicted octanol–water partition coefficient (Wildman–Crippen LogP) is 1.58. The highest BCUT2D eigenvalue weighted by Crippen LogP contribution is 2.14. The van der Waals surface area contributed by atoms with Crippen molar-refractivity contribution in [2.24, 2.45) is 0 Å². The smallest absolute Gasteiger partial charge is 0.225 e. The monoisotopic (exact) mass is 220 g/mol. The molecule has 1 aromatic rings. The number of nitrogens with zero attached hydrogens (tertiary/aromatic N) is 3. The second kappa shape index (κ2) is 5.80. The Bertz CT molecular complexity index is 321. The summed E-state index contributed by atoms with van der Waals surface area (Å²) in [6.45, 7) is 6.26. The van der Waals surface area contributed by atoms with E-state index in [0.717, 1.165) is 44.2 Å². The molecule has 0 atom stereocenters. The predicted molar refractivity (Wildman–Crippen MR) is 65.5 cm³/mol. The average molecular weight is 220 g/mol. The second-order valence-corrected chi connectivity index (χ2v) is 4.22. The Labute approximate surface area is 97.1 Å². The fraction of sp³-hybridized carbons (Fsp3) is 0.667. The Balaban J connectivity index is 1.95. The van der Waals surface area contributed by atoms with Crippen molar-refractivity contribution in [1.29, 1.82) is 0 Å². The van der Waals surface area contributed by atoms with E-state index in [1.807, 2.05) is 12.3 Å². The quantitative estimate of drug-likeness (QED) is 0.765. The maximum absolute atomic E-state index is 4.58. The topological polar surface area (TPSA) is 41.1 Å². The van der Waals surface area contributed by atoms with Crippen molar-refractivity contribution in [3.8, 4) is 0 Å². The van der Waals surface area contributed by atoms with E-state index in [2.05, 4.69) is 27.1 Å². The number of nitrogens with one attached hydrogen (secondary N) is 1. The molecule has 4 heteroatoms. The third-order valence-electron chi connectivity index (χ3n) is 2.82. The van der Waals surface area contributed by atoms with E-state index in [0.29, 0.717) is 0 Å². The molecule has 4 nitrogen and oxygen atoms in total. The van der Waals surface area contributed by atoms with Crippen molar-refractivity contribution in [3.05, 3.63) is 18.0 Å². The Morgan fingerprint density at radius 1 is 1.38 bits per heavy atom. The maximum atomic E-state index is 4.58. The van der Waals surface area contributed by atoms with E-state index in [1.54, 1.807) is 0 Å². The summed E-state index contributed by atoms with van der Waals surface area (Å²) in [4.78, 5) is 11.2. The third-order valence-corrected chi connectivity index (χ3v) is 2.82. The number of anilines is 1. The van der Waals surface area contributed by atoms with Gasteiger partial charge < -0.3 is 10.2 Å². The average Bonchev–Trinajstić information content (AvgIpc) is 2.83. The standard InChI is InChI=1S/C12H20N4/c1-2-6-13-10-11-5-7-14-12(15-11)16-8-3-4-9-16/h5,7,13H,2-4,6,8-10H2,1H3. The van der Waals surface area contributed by atoms with Gasteiger partial charge in [-0.05, 0) is 31.9 Å². The van der Waals surface area contributed by atoms with Crippen molar-refractivity contribution >= 4 is 5.95 Å². The third kappa shape index (κ3) is 2.92. The molecule has 2 rings (SSSR count). The van der Waals surface area contributed by atoms with Gasteiger partial charge in [0.25, 0.3) is 0 Å². The van der Waals surface area contributed by atoms with Crippen LogP contribution < -0.4 is 10.2 Å². The summed E-state index contributed by atoms with van der Waals surface area (Å²) in [7, 11) is 0. The normalized spacial score (nSPS) is 15.7. The largest absolute Gasteiger partial charge is 0.341 e. The molecular weight excluding hydrogens is 200 g/mol. The fourth-order valence-corrected chi connectivity index (χ4v) is 1.95. The highest BCUT2D eigenvalue weighted by atomic mass is 15.3. The molecule has 1 N–H and O–H groups in total. The number of rotatable bonds is 5. The number of hydrogen-bond acceptors (Lipinski definition) is 4.